The van der Waals surface area contributed by atoms with Gasteiger partial charge in [0.05, 0.1) is 0 Å². The van der Waals surface area contributed by atoms with Crippen molar-refractivity contribution in [2.75, 3.05) is 0 Å². The van der Waals surface area contributed by atoms with E-state index in [1.807, 2.05) is 12.1 Å². The average Bonchev–Trinajstić information content (AvgIpc) is 2.47. The first-order valence-corrected chi connectivity index (χ1v) is 7.33. The van der Waals surface area contributed by atoms with Crippen molar-refractivity contribution < 1.29 is 0 Å². The number of halogens is 1. The number of rotatable bonds is 7. The van der Waals surface area contributed by atoms with E-state index in [0.717, 1.165) is 25.7 Å². The molecule has 3 heteroatoms. The van der Waals surface area contributed by atoms with E-state index in [2.05, 4.69) is 48.5 Å². The molecule has 4 N–H and O–H groups in total. The summed E-state index contributed by atoms with van der Waals surface area (Å²) < 4.78 is 0. The molecule has 0 aliphatic heterocycles. The van der Waals surface area contributed by atoms with Crippen molar-refractivity contribution in [3.05, 3.63) is 71.8 Å². The largest absolute Gasteiger partial charge is 0.327 e. The summed E-state index contributed by atoms with van der Waals surface area (Å²) in [4.78, 5) is 0. The van der Waals surface area contributed by atoms with Crippen LogP contribution in [0.2, 0.25) is 0 Å². The molecule has 2 atom stereocenters. The zero-order valence-electron chi connectivity index (χ0n) is 12.3. The number of hydrogen-bond donors (Lipinski definition) is 2. The van der Waals surface area contributed by atoms with Crippen molar-refractivity contribution in [3.63, 3.8) is 0 Å². The van der Waals surface area contributed by atoms with Crippen LogP contribution in [0.4, 0.5) is 0 Å². The summed E-state index contributed by atoms with van der Waals surface area (Å²) in [6, 6.07) is 21.2. The highest BCUT2D eigenvalue weighted by Gasteiger charge is 2.08. The molecular weight excluding hydrogens is 280 g/mol. The second kappa shape index (κ2) is 9.56. The maximum absolute atomic E-state index is 6.19. The molecule has 21 heavy (non-hydrogen) atoms. The molecule has 0 saturated carbocycles. The predicted octanol–water partition coefficient (Wildman–Crippen LogP) is 3.33. The van der Waals surface area contributed by atoms with Gasteiger partial charge in [0.25, 0.3) is 0 Å². The summed E-state index contributed by atoms with van der Waals surface area (Å²) in [6.45, 7) is 0. The first-order valence-electron chi connectivity index (χ1n) is 7.33. The van der Waals surface area contributed by atoms with Crippen molar-refractivity contribution >= 4 is 12.4 Å². The van der Waals surface area contributed by atoms with Gasteiger partial charge >= 0.3 is 0 Å². The molecule has 0 saturated heterocycles. The van der Waals surface area contributed by atoms with E-state index in [1.54, 1.807) is 0 Å². The minimum absolute atomic E-state index is 0. The molecule has 0 amide bonds. The predicted molar refractivity (Wildman–Crippen MR) is 92.7 cm³/mol. The summed E-state index contributed by atoms with van der Waals surface area (Å²) in [5, 5.41) is 0. The lowest BCUT2D eigenvalue weighted by Gasteiger charge is -2.16. The van der Waals surface area contributed by atoms with Crippen molar-refractivity contribution in [1.29, 1.82) is 0 Å². The first kappa shape index (κ1) is 17.7. The molecule has 2 aromatic carbocycles. The molecule has 0 spiro atoms. The standard InChI is InChI=1S/C18H24N2.ClH/c19-17(13-15-7-3-1-4-8-15)11-12-18(20)14-16-9-5-2-6-10-16;/h1-10,17-18H,11-14,19-20H2;1H. The summed E-state index contributed by atoms with van der Waals surface area (Å²) >= 11 is 0. The molecular formula is C18H25ClN2. The van der Waals surface area contributed by atoms with Crippen molar-refractivity contribution in [1.82, 2.24) is 0 Å². The van der Waals surface area contributed by atoms with E-state index in [0.29, 0.717) is 0 Å². The van der Waals surface area contributed by atoms with Gasteiger partial charge in [-0.25, -0.2) is 0 Å². The molecule has 2 nitrogen and oxygen atoms in total. The third-order valence-electron chi connectivity index (χ3n) is 3.59. The molecule has 0 bridgehead atoms. The van der Waals surface area contributed by atoms with Gasteiger partial charge in [-0.15, -0.1) is 12.4 Å². The number of hydrogen-bond acceptors (Lipinski definition) is 2. The summed E-state index contributed by atoms with van der Waals surface area (Å²) in [5.74, 6) is 0. The highest BCUT2D eigenvalue weighted by atomic mass is 35.5. The SMILES string of the molecule is Cl.NC(CCC(N)Cc1ccccc1)Cc1ccccc1. The average molecular weight is 305 g/mol. The molecule has 0 heterocycles. The van der Waals surface area contributed by atoms with Crippen LogP contribution in [-0.2, 0) is 12.8 Å². The molecule has 2 aromatic rings. The molecule has 0 fully saturated rings. The summed E-state index contributed by atoms with van der Waals surface area (Å²) in [6.07, 6.45) is 3.81. The molecule has 0 aromatic heterocycles. The van der Waals surface area contributed by atoms with Crippen LogP contribution in [0.1, 0.15) is 24.0 Å². The molecule has 0 radical (unpaired) electrons. The zero-order chi connectivity index (χ0) is 14.2. The topological polar surface area (TPSA) is 52.0 Å². The Bertz CT molecular complexity index is 440. The van der Waals surface area contributed by atoms with Crippen LogP contribution in [0.3, 0.4) is 0 Å². The molecule has 114 valence electrons. The van der Waals surface area contributed by atoms with Crippen LogP contribution in [0.5, 0.6) is 0 Å². The zero-order valence-corrected chi connectivity index (χ0v) is 13.1. The van der Waals surface area contributed by atoms with Gasteiger partial charge < -0.3 is 11.5 Å². The Morgan fingerprint density at radius 1 is 0.619 bits per heavy atom. The molecule has 0 aliphatic rings. The van der Waals surface area contributed by atoms with Gasteiger partial charge in [-0.2, -0.15) is 0 Å². The minimum Gasteiger partial charge on any atom is -0.327 e. The van der Waals surface area contributed by atoms with Gasteiger partial charge in [0.15, 0.2) is 0 Å². The Morgan fingerprint density at radius 2 is 0.952 bits per heavy atom. The van der Waals surface area contributed by atoms with Crippen molar-refractivity contribution in [2.45, 2.75) is 37.8 Å². The smallest absolute Gasteiger partial charge is 0.00799 e. The monoisotopic (exact) mass is 304 g/mol. The van der Waals surface area contributed by atoms with Crippen LogP contribution in [0, 0.1) is 0 Å². The van der Waals surface area contributed by atoms with Gasteiger partial charge in [-0.05, 0) is 36.8 Å². The van der Waals surface area contributed by atoms with Crippen LogP contribution in [0.25, 0.3) is 0 Å². The lowest BCUT2D eigenvalue weighted by atomic mass is 9.97. The third-order valence-corrected chi connectivity index (χ3v) is 3.59. The first-order chi connectivity index (χ1) is 9.74. The van der Waals surface area contributed by atoms with Crippen LogP contribution < -0.4 is 11.5 Å². The fourth-order valence-corrected chi connectivity index (χ4v) is 2.47. The molecule has 2 rings (SSSR count). The van der Waals surface area contributed by atoms with E-state index in [4.69, 9.17) is 11.5 Å². The van der Waals surface area contributed by atoms with Gasteiger partial charge in [0.2, 0.25) is 0 Å². The van der Waals surface area contributed by atoms with Gasteiger partial charge in [-0.3, -0.25) is 0 Å². The highest BCUT2D eigenvalue weighted by Crippen LogP contribution is 2.10. The fourth-order valence-electron chi connectivity index (χ4n) is 2.47. The second-order valence-electron chi connectivity index (χ2n) is 5.48. The Labute approximate surface area is 134 Å². The normalized spacial score (nSPS) is 13.2. The second-order valence-corrected chi connectivity index (χ2v) is 5.48. The van der Waals surface area contributed by atoms with E-state index in [-0.39, 0.29) is 24.5 Å². The number of benzene rings is 2. The van der Waals surface area contributed by atoms with Crippen LogP contribution in [0.15, 0.2) is 60.7 Å². The third kappa shape index (κ3) is 6.76. The van der Waals surface area contributed by atoms with E-state index < -0.39 is 0 Å². The van der Waals surface area contributed by atoms with E-state index in [1.165, 1.54) is 11.1 Å². The van der Waals surface area contributed by atoms with Gasteiger partial charge in [0.1, 0.15) is 0 Å². The Balaban J connectivity index is 0.00000220. The van der Waals surface area contributed by atoms with Crippen LogP contribution >= 0.6 is 12.4 Å². The lowest BCUT2D eigenvalue weighted by Crippen LogP contribution is -2.29. The van der Waals surface area contributed by atoms with Gasteiger partial charge in [0, 0.05) is 12.1 Å². The van der Waals surface area contributed by atoms with Gasteiger partial charge in [-0.1, -0.05) is 60.7 Å². The summed E-state index contributed by atoms with van der Waals surface area (Å²) in [7, 11) is 0. The Hall–Kier alpha value is -1.35. The van der Waals surface area contributed by atoms with Crippen LogP contribution in [-0.4, -0.2) is 12.1 Å². The highest BCUT2D eigenvalue weighted by molar-refractivity contribution is 5.85. The molecule has 2 unspecified atom stereocenters. The minimum atomic E-state index is 0. The van der Waals surface area contributed by atoms with Crippen molar-refractivity contribution in [2.24, 2.45) is 11.5 Å². The van der Waals surface area contributed by atoms with E-state index in [9.17, 15) is 0 Å². The van der Waals surface area contributed by atoms with Crippen molar-refractivity contribution in [3.8, 4) is 0 Å². The maximum atomic E-state index is 6.19. The number of nitrogens with two attached hydrogens (primary N) is 2. The quantitative estimate of drug-likeness (QED) is 0.824. The van der Waals surface area contributed by atoms with E-state index >= 15 is 0 Å². The maximum Gasteiger partial charge on any atom is 0.00799 e. The molecule has 0 aliphatic carbocycles. The Morgan fingerprint density at radius 3 is 1.29 bits per heavy atom. The Kier molecular flexibility index (Phi) is 8.06. The fraction of sp³-hybridized carbons (Fsp3) is 0.333. The summed E-state index contributed by atoms with van der Waals surface area (Å²) in [5.41, 5.74) is 15.0. The lowest BCUT2D eigenvalue weighted by molar-refractivity contribution is 0.514.